The van der Waals surface area contributed by atoms with Gasteiger partial charge in [0.05, 0.1) is 12.1 Å². The molecule has 0 radical (unpaired) electrons. The topological polar surface area (TPSA) is 115 Å². The third-order valence-electron chi connectivity index (χ3n) is 2.29. The lowest BCUT2D eigenvalue weighted by atomic mass is 10.3. The molecule has 8 nitrogen and oxygen atoms in total. The van der Waals surface area contributed by atoms with E-state index in [1.165, 1.54) is 12.4 Å². The third kappa shape index (κ3) is 3.43. The first kappa shape index (κ1) is 14.7. The number of nitrogens with zero attached hydrogens (tertiary/aromatic N) is 3. The van der Waals surface area contributed by atoms with Crippen LogP contribution in [0, 0.1) is 12.3 Å². The zero-order valence-corrected chi connectivity index (χ0v) is 11.7. The molecule has 9 heteroatoms. The van der Waals surface area contributed by atoms with Crippen LogP contribution in [-0.2, 0) is 9.84 Å². The highest BCUT2D eigenvalue weighted by Crippen LogP contribution is 2.17. The van der Waals surface area contributed by atoms with Crippen molar-refractivity contribution in [1.82, 2.24) is 20.3 Å². The van der Waals surface area contributed by atoms with Crippen LogP contribution in [-0.4, -0.2) is 42.1 Å². The van der Waals surface area contributed by atoms with Crippen molar-refractivity contribution in [3.8, 4) is 23.8 Å². The maximum atomic E-state index is 11.6. The molecule has 1 N–H and O–H groups in total. The molecule has 0 saturated carbocycles. The van der Waals surface area contributed by atoms with Gasteiger partial charge < -0.3 is 9.73 Å². The van der Waals surface area contributed by atoms with Crippen LogP contribution in [0.25, 0.3) is 11.5 Å². The molecular weight excluding hydrogens is 296 g/mol. The number of carbonyl (C=O) groups excluding carboxylic acids is 1. The molecule has 108 valence electrons. The molecule has 0 aliphatic carbocycles. The lowest BCUT2D eigenvalue weighted by Crippen LogP contribution is -2.23. The summed E-state index contributed by atoms with van der Waals surface area (Å²) in [5.74, 6) is 1.88. The number of hydrogen-bond acceptors (Lipinski definition) is 7. The molecule has 0 aliphatic heterocycles. The van der Waals surface area contributed by atoms with Crippen LogP contribution >= 0.6 is 0 Å². The van der Waals surface area contributed by atoms with Crippen LogP contribution in [0.4, 0.5) is 0 Å². The molecule has 0 fully saturated rings. The average molecular weight is 306 g/mol. The molecule has 0 atom stereocenters. The largest absolute Gasteiger partial charge is 0.444 e. The van der Waals surface area contributed by atoms with E-state index >= 15 is 0 Å². The van der Waals surface area contributed by atoms with Crippen LogP contribution in [0.5, 0.6) is 0 Å². The summed E-state index contributed by atoms with van der Waals surface area (Å²) in [7, 11) is -3.48. The normalized spacial score (nSPS) is 10.9. The summed E-state index contributed by atoms with van der Waals surface area (Å²) in [6.45, 7) is 0.0766. The maximum Gasteiger partial charge on any atom is 0.274 e. The first-order valence-corrected chi connectivity index (χ1v) is 7.50. The van der Waals surface area contributed by atoms with Gasteiger partial charge in [-0.25, -0.2) is 23.4 Å². The number of aromatic nitrogens is 3. The van der Waals surface area contributed by atoms with E-state index in [0.29, 0.717) is 5.56 Å². The fraction of sp³-hybridized carbons (Fsp3) is 0.167. The van der Waals surface area contributed by atoms with Crippen LogP contribution < -0.4 is 5.32 Å². The Labute approximate surface area is 120 Å². The summed E-state index contributed by atoms with van der Waals surface area (Å²) in [4.78, 5) is 23.0. The highest BCUT2D eigenvalue weighted by Gasteiger charge is 2.15. The third-order valence-corrected chi connectivity index (χ3v) is 3.17. The number of amides is 1. The summed E-state index contributed by atoms with van der Waals surface area (Å²) >= 11 is 0. The lowest BCUT2D eigenvalue weighted by Gasteiger charge is -1.97. The van der Waals surface area contributed by atoms with Gasteiger partial charge in [0, 0.05) is 18.6 Å². The monoisotopic (exact) mass is 306 g/mol. The molecular formula is C12H10N4O4S. The molecule has 0 aliphatic rings. The summed E-state index contributed by atoms with van der Waals surface area (Å²) in [6, 6.07) is 0. The molecule has 2 heterocycles. The number of nitrogens with one attached hydrogen (secondary N) is 1. The molecule has 0 saturated heterocycles. The Balaban J connectivity index is 2.22. The van der Waals surface area contributed by atoms with Gasteiger partial charge in [0.1, 0.15) is 6.26 Å². The van der Waals surface area contributed by atoms with Crippen molar-refractivity contribution in [2.75, 3.05) is 12.8 Å². The lowest BCUT2D eigenvalue weighted by molar-refractivity contribution is 0.0953. The van der Waals surface area contributed by atoms with Crippen LogP contribution in [0.15, 0.2) is 28.2 Å². The fourth-order valence-corrected chi connectivity index (χ4v) is 1.84. The zero-order chi connectivity index (χ0) is 15.5. The summed E-state index contributed by atoms with van der Waals surface area (Å²) in [5, 5.41) is 2.13. The predicted molar refractivity (Wildman–Crippen MR) is 71.8 cm³/mol. The van der Waals surface area contributed by atoms with Gasteiger partial charge in [-0.1, -0.05) is 5.92 Å². The van der Waals surface area contributed by atoms with Gasteiger partial charge in [-0.05, 0) is 0 Å². The summed E-state index contributed by atoms with van der Waals surface area (Å²) in [6.07, 6.45) is 9.68. The van der Waals surface area contributed by atoms with Crippen molar-refractivity contribution in [2.45, 2.75) is 5.16 Å². The number of rotatable bonds is 4. The van der Waals surface area contributed by atoms with E-state index in [0.717, 1.165) is 12.5 Å². The maximum absolute atomic E-state index is 11.6. The summed E-state index contributed by atoms with van der Waals surface area (Å²) in [5.41, 5.74) is 0.394. The SMILES string of the molecule is C#CCNC(=O)c1coc(-c2cnc(S(C)(=O)=O)nc2)n1. The Bertz CT molecular complexity index is 803. The quantitative estimate of drug-likeness (QED) is 0.619. The van der Waals surface area contributed by atoms with Crippen molar-refractivity contribution < 1.29 is 17.6 Å². The highest BCUT2D eigenvalue weighted by atomic mass is 32.2. The van der Waals surface area contributed by atoms with E-state index in [4.69, 9.17) is 10.8 Å². The number of carbonyl (C=O) groups is 1. The van der Waals surface area contributed by atoms with Gasteiger partial charge in [-0.3, -0.25) is 4.79 Å². The minimum Gasteiger partial charge on any atom is -0.444 e. The highest BCUT2D eigenvalue weighted by molar-refractivity contribution is 7.90. The Morgan fingerprint density at radius 1 is 1.43 bits per heavy atom. The minimum absolute atomic E-state index is 0.0486. The van der Waals surface area contributed by atoms with E-state index in [-0.39, 0.29) is 23.3 Å². The Kier molecular flexibility index (Phi) is 4.00. The number of sulfone groups is 1. The number of oxazole rings is 1. The molecule has 0 spiro atoms. The Morgan fingerprint density at radius 2 is 2.10 bits per heavy atom. The first-order chi connectivity index (χ1) is 9.91. The molecule has 0 bridgehead atoms. The molecule has 21 heavy (non-hydrogen) atoms. The average Bonchev–Trinajstić information content (AvgIpc) is 2.94. The van der Waals surface area contributed by atoms with Crippen LogP contribution in [0.3, 0.4) is 0 Å². The van der Waals surface area contributed by atoms with Gasteiger partial charge in [-0.15, -0.1) is 6.42 Å². The fourth-order valence-electron chi connectivity index (χ4n) is 1.35. The van der Waals surface area contributed by atoms with Gasteiger partial charge in [0.25, 0.3) is 5.91 Å². The smallest absolute Gasteiger partial charge is 0.274 e. The van der Waals surface area contributed by atoms with Crippen molar-refractivity contribution in [3.05, 3.63) is 24.4 Å². The molecule has 1 amide bonds. The van der Waals surface area contributed by atoms with E-state index < -0.39 is 15.7 Å². The molecule has 2 aromatic heterocycles. The van der Waals surface area contributed by atoms with Gasteiger partial charge in [0.2, 0.25) is 20.9 Å². The van der Waals surface area contributed by atoms with Crippen molar-refractivity contribution in [3.63, 3.8) is 0 Å². The van der Waals surface area contributed by atoms with E-state index in [1.54, 1.807) is 0 Å². The molecule has 2 rings (SSSR count). The number of hydrogen-bond donors (Lipinski definition) is 1. The van der Waals surface area contributed by atoms with Gasteiger partial charge >= 0.3 is 0 Å². The predicted octanol–water partition coefficient (Wildman–Crippen LogP) is -0.102. The second-order valence-electron chi connectivity index (χ2n) is 3.95. The van der Waals surface area contributed by atoms with E-state index in [9.17, 15) is 13.2 Å². The first-order valence-electron chi connectivity index (χ1n) is 5.61. The van der Waals surface area contributed by atoms with Gasteiger partial charge in [0.15, 0.2) is 5.69 Å². The molecule has 0 unspecified atom stereocenters. The van der Waals surface area contributed by atoms with E-state index in [2.05, 4.69) is 26.2 Å². The van der Waals surface area contributed by atoms with Crippen molar-refractivity contribution in [2.24, 2.45) is 0 Å². The number of terminal acetylenes is 1. The molecule has 2 aromatic rings. The zero-order valence-electron chi connectivity index (χ0n) is 10.9. The second kappa shape index (κ2) is 5.72. The molecule has 0 aromatic carbocycles. The van der Waals surface area contributed by atoms with Crippen molar-refractivity contribution >= 4 is 15.7 Å². The van der Waals surface area contributed by atoms with Crippen LogP contribution in [0.1, 0.15) is 10.5 Å². The standard InChI is InChI=1S/C12H10N4O4S/c1-3-4-13-10(17)9-7-20-11(16-9)8-5-14-12(15-6-8)21(2,18)19/h1,5-7H,4H2,2H3,(H,13,17). The summed E-state index contributed by atoms with van der Waals surface area (Å²) < 4.78 is 27.6. The van der Waals surface area contributed by atoms with E-state index in [1.807, 2.05) is 0 Å². The second-order valence-corrected chi connectivity index (χ2v) is 5.86. The Morgan fingerprint density at radius 3 is 2.67 bits per heavy atom. The van der Waals surface area contributed by atoms with Gasteiger partial charge in [-0.2, -0.15) is 0 Å². The minimum atomic E-state index is -3.48. The van der Waals surface area contributed by atoms with Crippen LogP contribution in [0.2, 0.25) is 0 Å². The Hall–Kier alpha value is -2.73. The van der Waals surface area contributed by atoms with Crippen molar-refractivity contribution in [1.29, 1.82) is 0 Å².